The Labute approximate surface area is 289 Å². The first-order valence-electron chi connectivity index (χ1n) is 14.9. The predicted octanol–water partition coefficient (Wildman–Crippen LogP) is 7.14. The number of para-hydroxylation sites is 3. The number of thiophene rings is 2. The molecular formula is C34H32BrN3O6S3. The van der Waals surface area contributed by atoms with E-state index in [-0.39, 0.29) is 22.2 Å². The van der Waals surface area contributed by atoms with Gasteiger partial charge in [-0.05, 0) is 93.6 Å². The molecule has 6 rings (SSSR count). The molecule has 2 aromatic heterocycles. The lowest BCUT2D eigenvalue weighted by Gasteiger charge is -2.38. The van der Waals surface area contributed by atoms with Gasteiger partial charge in [0.2, 0.25) is 0 Å². The minimum absolute atomic E-state index is 0.0222. The van der Waals surface area contributed by atoms with E-state index in [2.05, 4.69) is 20.8 Å². The molecule has 3 aromatic carbocycles. The van der Waals surface area contributed by atoms with Crippen molar-refractivity contribution in [3.8, 4) is 5.75 Å². The number of piperazine rings is 1. The first kappa shape index (κ1) is 33.0. The van der Waals surface area contributed by atoms with Crippen LogP contribution >= 0.6 is 38.6 Å². The van der Waals surface area contributed by atoms with E-state index in [1.807, 2.05) is 64.9 Å². The highest BCUT2D eigenvalue weighted by Crippen LogP contribution is 2.37. The van der Waals surface area contributed by atoms with E-state index < -0.39 is 16.0 Å². The topological polar surface area (TPSA) is 107 Å². The van der Waals surface area contributed by atoms with Crippen LogP contribution in [0.4, 0.5) is 11.4 Å². The van der Waals surface area contributed by atoms with Crippen LogP contribution < -0.4 is 13.9 Å². The Morgan fingerprint density at radius 1 is 0.979 bits per heavy atom. The summed E-state index contributed by atoms with van der Waals surface area (Å²) < 4.78 is 37.8. The number of carbonyl (C=O) groups excluding carboxylic acids is 1. The zero-order valence-electron chi connectivity index (χ0n) is 25.7. The van der Waals surface area contributed by atoms with Gasteiger partial charge in [0.1, 0.15) is 15.5 Å². The molecule has 9 nitrogen and oxygen atoms in total. The monoisotopic (exact) mass is 753 g/mol. The summed E-state index contributed by atoms with van der Waals surface area (Å²) in [6.45, 7) is 3.88. The number of sulfonamides is 1. The third-order valence-electron chi connectivity index (χ3n) is 8.34. The summed E-state index contributed by atoms with van der Waals surface area (Å²) in [5.41, 5.74) is 2.69. The number of anilines is 2. The van der Waals surface area contributed by atoms with Crippen molar-refractivity contribution < 1.29 is 27.9 Å². The van der Waals surface area contributed by atoms with Crippen molar-refractivity contribution >= 4 is 82.0 Å². The van der Waals surface area contributed by atoms with E-state index >= 15 is 0 Å². The second-order valence-corrected chi connectivity index (χ2v) is 15.7. The molecule has 1 aliphatic heterocycles. The zero-order valence-corrected chi connectivity index (χ0v) is 29.7. The van der Waals surface area contributed by atoms with Crippen LogP contribution in [0, 0.1) is 6.92 Å². The molecule has 5 aromatic rings. The number of carbonyl (C=O) groups is 2. The molecular weight excluding hydrogens is 722 g/mol. The largest absolute Gasteiger partial charge is 0.496 e. The number of methoxy groups -OCH3 is 1. The van der Waals surface area contributed by atoms with Crippen LogP contribution in [0.25, 0.3) is 10.1 Å². The second kappa shape index (κ2) is 13.7. The van der Waals surface area contributed by atoms with Gasteiger partial charge >= 0.3 is 5.97 Å². The number of carboxylic acids is 1. The molecule has 1 fully saturated rings. The summed E-state index contributed by atoms with van der Waals surface area (Å²) in [5, 5.41) is 12.1. The number of ether oxygens (including phenoxy) is 1. The highest BCUT2D eigenvalue weighted by atomic mass is 79.9. The molecule has 0 bridgehead atoms. The van der Waals surface area contributed by atoms with E-state index in [1.54, 1.807) is 32.2 Å². The minimum Gasteiger partial charge on any atom is -0.496 e. The summed E-state index contributed by atoms with van der Waals surface area (Å²) in [5.74, 6) is -0.385. The molecule has 244 valence electrons. The number of benzene rings is 3. The number of aryl methyl sites for hydroxylation is 1. The maximum Gasteiger partial charge on any atom is 0.346 e. The molecule has 0 unspecified atom stereocenters. The Balaban J connectivity index is 1.36. The van der Waals surface area contributed by atoms with E-state index in [0.29, 0.717) is 64.6 Å². The predicted molar refractivity (Wildman–Crippen MR) is 191 cm³/mol. The lowest BCUT2D eigenvalue weighted by molar-refractivity contribution is 0.0700. The maximum atomic E-state index is 14.7. The van der Waals surface area contributed by atoms with Crippen LogP contribution in [0.1, 0.15) is 30.5 Å². The number of nitrogens with zero attached hydrogens (tertiary/aromatic N) is 3. The van der Waals surface area contributed by atoms with Crippen LogP contribution in [0.15, 0.2) is 87.5 Å². The van der Waals surface area contributed by atoms with E-state index in [0.717, 1.165) is 27.1 Å². The molecule has 1 amide bonds. The number of amides is 1. The van der Waals surface area contributed by atoms with Gasteiger partial charge in [-0.3, -0.25) is 9.10 Å². The fourth-order valence-corrected chi connectivity index (χ4v) is 9.92. The third-order valence-corrected chi connectivity index (χ3v) is 13.2. The quantitative estimate of drug-likeness (QED) is 0.162. The third kappa shape index (κ3) is 6.49. The molecule has 0 radical (unpaired) electrons. The molecule has 13 heteroatoms. The van der Waals surface area contributed by atoms with Crippen LogP contribution in [-0.4, -0.2) is 70.1 Å². The molecule has 47 heavy (non-hydrogen) atoms. The van der Waals surface area contributed by atoms with E-state index in [1.165, 1.54) is 15.6 Å². The van der Waals surface area contributed by atoms with Gasteiger partial charge in [0.15, 0.2) is 0 Å². The van der Waals surface area contributed by atoms with Crippen LogP contribution in [0.2, 0.25) is 0 Å². The molecule has 0 atom stereocenters. The molecule has 0 aliphatic carbocycles. The number of hydrogen-bond acceptors (Lipinski definition) is 8. The Bertz CT molecular complexity index is 2070. The number of rotatable bonds is 10. The van der Waals surface area contributed by atoms with Gasteiger partial charge in [0, 0.05) is 41.9 Å². The molecule has 1 saturated heterocycles. The Hall–Kier alpha value is -3.91. The molecule has 0 saturated carbocycles. The number of carboxylic acid groups (broad SMARTS) is 1. The highest BCUT2D eigenvalue weighted by Gasteiger charge is 2.31. The van der Waals surface area contributed by atoms with Crippen molar-refractivity contribution in [2.75, 3.05) is 49.0 Å². The molecule has 1 N–H and O–H groups in total. The number of halogens is 1. The average molecular weight is 755 g/mol. The first-order valence-corrected chi connectivity index (χ1v) is 18.8. The van der Waals surface area contributed by atoms with Crippen molar-refractivity contribution in [2.45, 2.75) is 18.2 Å². The molecule has 0 spiro atoms. The Kier molecular flexibility index (Phi) is 9.60. The SMILES string of the molecule is COc1ccccc1CCN(c1ccccc1N1CCN(C(=O)c2sccc2Br)CC1)S(=O)(=O)c1ccc2sc(C(=O)O)c(C)c2c1. The van der Waals surface area contributed by atoms with Crippen LogP contribution in [-0.2, 0) is 16.4 Å². The lowest BCUT2D eigenvalue weighted by Crippen LogP contribution is -2.49. The van der Waals surface area contributed by atoms with Crippen molar-refractivity contribution in [3.63, 3.8) is 0 Å². The molecule has 3 heterocycles. The Morgan fingerprint density at radius 3 is 2.40 bits per heavy atom. The maximum absolute atomic E-state index is 14.7. The van der Waals surface area contributed by atoms with Gasteiger partial charge in [-0.2, -0.15) is 0 Å². The first-order chi connectivity index (χ1) is 22.6. The highest BCUT2D eigenvalue weighted by molar-refractivity contribution is 9.10. The lowest BCUT2D eigenvalue weighted by atomic mass is 10.1. The van der Waals surface area contributed by atoms with Gasteiger partial charge < -0.3 is 19.6 Å². The average Bonchev–Trinajstić information content (AvgIpc) is 3.67. The number of fused-ring (bicyclic) bond motifs is 1. The summed E-state index contributed by atoms with van der Waals surface area (Å²) in [7, 11) is -2.54. The minimum atomic E-state index is -4.13. The van der Waals surface area contributed by atoms with Gasteiger partial charge in [0.05, 0.1) is 23.4 Å². The summed E-state index contributed by atoms with van der Waals surface area (Å²) in [4.78, 5) is 29.9. The van der Waals surface area contributed by atoms with E-state index in [4.69, 9.17) is 4.74 Å². The summed E-state index contributed by atoms with van der Waals surface area (Å²) in [6, 6.07) is 21.7. The fourth-order valence-electron chi connectivity index (χ4n) is 5.88. The number of hydrogen-bond donors (Lipinski definition) is 1. The van der Waals surface area contributed by atoms with Gasteiger partial charge in [-0.15, -0.1) is 22.7 Å². The summed E-state index contributed by atoms with van der Waals surface area (Å²) >= 11 is 6.00. The smallest absolute Gasteiger partial charge is 0.346 e. The fraction of sp³-hybridized carbons (Fsp3) is 0.235. The van der Waals surface area contributed by atoms with Crippen molar-refractivity contribution in [1.82, 2.24) is 4.90 Å². The van der Waals surface area contributed by atoms with Gasteiger partial charge in [-0.25, -0.2) is 13.2 Å². The van der Waals surface area contributed by atoms with Crippen molar-refractivity contribution in [3.05, 3.63) is 104 Å². The molecule has 1 aliphatic rings. The van der Waals surface area contributed by atoms with E-state index in [9.17, 15) is 23.1 Å². The Morgan fingerprint density at radius 2 is 1.70 bits per heavy atom. The number of aromatic carboxylic acids is 1. The van der Waals surface area contributed by atoms with Crippen molar-refractivity contribution in [1.29, 1.82) is 0 Å². The van der Waals surface area contributed by atoms with Gasteiger partial charge in [-0.1, -0.05) is 30.3 Å². The zero-order chi connectivity index (χ0) is 33.3. The normalized spacial score (nSPS) is 13.6. The second-order valence-electron chi connectivity index (χ2n) is 11.0. The van der Waals surface area contributed by atoms with Gasteiger partial charge in [0.25, 0.3) is 15.9 Å². The standard InChI is InChI=1S/C34H32BrN3O6S3/c1-22-25-21-24(11-12-30(25)46-31(22)34(40)41)47(42,43)38(15-13-23-7-3-6-10-29(23)44-2)28-9-5-4-8-27(28)36-16-18-37(19-17-36)33(39)32-26(35)14-20-45-32/h3-12,14,20-21H,13,15-19H2,1-2H3,(H,40,41). The van der Waals surface area contributed by atoms with Crippen molar-refractivity contribution in [2.24, 2.45) is 0 Å². The van der Waals surface area contributed by atoms with Crippen LogP contribution in [0.3, 0.4) is 0 Å². The van der Waals surface area contributed by atoms with Crippen LogP contribution in [0.5, 0.6) is 5.75 Å². The summed E-state index contributed by atoms with van der Waals surface area (Å²) in [6.07, 6.45) is 0.387.